The van der Waals surface area contributed by atoms with Crippen LogP contribution in [0.15, 0.2) is 46.5 Å². The third kappa shape index (κ3) is 10.4. The molecule has 1 nitrogen and oxygen atoms in total. The molecule has 3 rings (SSSR count). The summed E-state index contributed by atoms with van der Waals surface area (Å²) < 4.78 is 0. The van der Waals surface area contributed by atoms with Gasteiger partial charge in [0.1, 0.15) is 6.29 Å². The molecular weight excluding hydrogens is 412 g/mol. The average Bonchev–Trinajstić information content (AvgIpc) is 3.44. The minimum Gasteiger partial charge on any atom is -0.303 e. The van der Waals surface area contributed by atoms with Crippen molar-refractivity contribution in [3.05, 3.63) is 66.7 Å². The summed E-state index contributed by atoms with van der Waals surface area (Å²) in [6.07, 6.45) is 1.91. The molecule has 160 valence electrons. The Hall–Kier alpha value is -1.23. The summed E-state index contributed by atoms with van der Waals surface area (Å²) in [5, 5.41) is 6.44. The second-order valence-corrected chi connectivity index (χ2v) is 11.1. The lowest BCUT2D eigenvalue weighted by molar-refractivity contribution is -0.110. The maximum Gasteiger partial charge on any atom is 0.123 e. The lowest BCUT2D eigenvalue weighted by atomic mass is 10.1. The van der Waals surface area contributed by atoms with E-state index >= 15 is 0 Å². The number of thiophene rings is 3. The number of aldehydes is 1. The van der Waals surface area contributed by atoms with Crippen LogP contribution in [0, 0.1) is 5.92 Å². The first-order valence-electron chi connectivity index (χ1n) is 10.3. The van der Waals surface area contributed by atoms with Crippen molar-refractivity contribution in [1.29, 1.82) is 0 Å². The number of rotatable bonds is 6. The molecule has 0 aromatic carbocycles. The van der Waals surface area contributed by atoms with Crippen molar-refractivity contribution in [2.75, 3.05) is 0 Å². The topological polar surface area (TPSA) is 17.1 Å². The summed E-state index contributed by atoms with van der Waals surface area (Å²) in [6, 6.07) is 10.8. The van der Waals surface area contributed by atoms with Crippen molar-refractivity contribution in [3.8, 4) is 0 Å². The maximum absolute atomic E-state index is 10.5. The van der Waals surface area contributed by atoms with Gasteiger partial charge in [-0.25, -0.2) is 0 Å². The fraction of sp³-hybridized carbons (Fsp3) is 0.480. The van der Waals surface area contributed by atoms with Gasteiger partial charge in [0.15, 0.2) is 0 Å². The molecule has 4 heteroatoms. The SMILES string of the molecule is CC(C)c1cccs1.CC(C)c1ccsc1.CC(C=O)Cc1ccc(C(C)C)s1. The van der Waals surface area contributed by atoms with Crippen molar-refractivity contribution in [2.45, 2.75) is 72.6 Å². The molecule has 0 saturated carbocycles. The molecule has 0 aliphatic rings. The summed E-state index contributed by atoms with van der Waals surface area (Å²) >= 11 is 5.42. The molecule has 3 heterocycles. The van der Waals surface area contributed by atoms with Gasteiger partial charge in [0, 0.05) is 20.5 Å². The van der Waals surface area contributed by atoms with Gasteiger partial charge in [-0.3, -0.25) is 0 Å². The quantitative estimate of drug-likeness (QED) is 0.344. The van der Waals surface area contributed by atoms with Crippen molar-refractivity contribution in [2.24, 2.45) is 5.92 Å². The highest BCUT2D eigenvalue weighted by Gasteiger charge is 2.06. The van der Waals surface area contributed by atoms with Crippen molar-refractivity contribution < 1.29 is 4.79 Å². The van der Waals surface area contributed by atoms with Crippen LogP contribution in [0.25, 0.3) is 0 Å². The Bertz CT molecular complexity index is 727. The van der Waals surface area contributed by atoms with E-state index in [9.17, 15) is 4.79 Å². The number of hydrogen-bond donors (Lipinski definition) is 0. The first-order valence-corrected chi connectivity index (χ1v) is 13.0. The molecule has 3 aromatic heterocycles. The zero-order chi connectivity index (χ0) is 21.8. The van der Waals surface area contributed by atoms with Gasteiger partial charge >= 0.3 is 0 Å². The second kappa shape index (κ2) is 13.9. The van der Waals surface area contributed by atoms with E-state index in [1.165, 1.54) is 20.2 Å². The molecular formula is C25H36OS3. The van der Waals surface area contributed by atoms with Crippen LogP contribution in [-0.4, -0.2) is 6.29 Å². The predicted molar refractivity (Wildman–Crippen MR) is 134 cm³/mol. The molecule has 29 heavy (non-hydrogen) atoms. The fourth-order valence-electron chi connectivity index (χ4n) is 2.40. The van der Waals surface area contributed by atoms with Gasteiger partial charge in [0.05, 0.1) is 0 Å². The lowest BCUT2D eigenvalue weighted by Gasteiger charge is -2.00. The van der Waals surface area contributed by atoms with Crippen LogP contribution < -0.4 is 0 Å². The molecule has 1 atom stereocenters. The molecule has 0 radical (unpaired) electrons. The smallest absolute Gasteiger partial charge is 0.123 e. The molecule has 0 bridgehead atoms. The van der Waals surface area contributed by atoms with E-state index in [-0.39, 0.29) is 5.92 Å². The minimum absolute atomic E-state index is 0.152. The standard InChI is InChI=1S/C11H16OS.2C7H10S/c1-8(2)11-5-4-10(13-11)6-9(3)7-12;1-6(2)7-3-4-8-5-7;1-6(2)7-4-3-5-8-7/h4-5,7-9H,6H2,1-3H3;2*3-6H,1-2H3. The molecule has 0 amide bonds. The monoisotopic (exact) mass is 448 g/mol. The van der Waals surface area contributed by atoms with Crippen LogP contribution in [0.5, 0.6) is 0 Å². The van der Waals surface area contributed by atoms with Gasteiger partial charge in [-0.1, -0.05) is 54.5 Å². The first kappa shape index (κ1) is 25.8. The number of hydrogen-bond acceptors (Lipinski definition) is 4. The zero-order valence-electron chi connectivity index (χ0n) is 18.8. The van der Waals surface area contributed by atoms with Gasteiger partial charge in [-0.05, 0) is 70.1 Å². The second-order valence-electron chi connectivity index (χ2n) is 8.16. The summed E-state index contributed by atoms with van der Waals surface area (Å²) in [7, 11) is 0. The summed E-state index contributed by atoms with van der Waals surface area (Å²) in [6.45, 7) is 15.2. The Kier molecular flexibility index (Phi) is 12.4. The van der Waals surface area contributed by atoms with Crippen LogP contribution in [-0.2, 0) is 11.2 Å². The van der Waals surface area contributed by atoms with E-state index < -0.39 is 0 Å². The van der Waals surface area contributed by atoms with Crippen LogP contribution >= 0.6 is 34.0 Å². The largest absolute Gasteiger partial charge is 0.303 e. The van der Waals surface area contributed by atoms with E-state index in [0.29, 0.717) is 17.8 Å². The molecule has 3 aromatic rings. The fourth-order valence-corrected chi connectivity index (χ4v) is 5.13. The molecule has 0 aliphatic heterocycles. The molecule has 0 spiro atoms. The highest BCUT2D eigenvalue weighted by atomic mass is 32.1. The van der Waals surface area contributed by atoms with E-state index in [4.69, 9.17) is 0 Å². The Labute approximate surface area is 189 Å². The third-order valence-electron chi connectivity index (χ3n) is 4.33. The van der Waals surface area contributed by atoms with Gasteiger partial charge in [0.25, 0.3) is 0 Å². The van der Waals surface area contributed by atoms with Crippen molar-refractivity contribution >= 4 is 40.3 Å². The van der Waals surface area contributed by atoms with Gasteiger partial charge < -0.3 is 4.79 Å². The predicted octanol–water partition coefficient (Wildman–Crippen LogP) is 8.99. The summed E-state index contributed by atoms with van der Waals surface area (Å²) in [5.41, 5.74) is 1.45. The highest BCUT2D eigenvalue weighted by Crippen LogP contribution is 2.25. The highest BCUT2D eigenvalue weighted by molar-refractivity contribution is 7.12. The molecule has 0 saturated heterocycles. The Balaban J connectivity index is 0.000000228. The van der Waals surface area contributed by atoms with E-state index in [0.717, 1.165) is 12.7 Å². The van der Waals surface area contributed by atoms with Gasteiger partial charge in [-0.2, -0.15) is 11.3 Å². The first-order chi connectivity index (χ1) is 13.7. The number of carbonyl (C=O) groups is 1. The van der Waals surface area contributed by atoms with Crippen molar-refractivity contribution in [1.82, 2.24) is 0 Å². The minimum atomic E-state index is 0.152. The summed E-state index contributed by atoms with van der Waals surface area (Å²) in [4.78, 5) is 14.7. The lowest BCUT2D eigenvalue weighted by Crippen LogP contribution is -1.98. The zero-order valence-corrected chi connectivity index (χ0v) is 21.3. The van der Waals surface area contributed by atoms with Crippen LogP contribution in [0.1, 0.15) is 86.4 Å². The molecule has 0 aliphatic carbocycles. The molecule has 0 N–H and O–H groups in total. The van der Waals surface area contributed by atoms with Crippen LogP contribution in [0.3, 0.4) is 0 Å². The maximum atomic E-state index is 10.5. The van der Waals surface area contributed by atoms with Crippen LogP contribution in [0.2, 0.25) is 0 Å². The number of carbonyl (C=O) groups excluding carboxylic acids is 1. The Morgan fingerprint density at radius 3 is 1.86 bits per heavy atom. The van der Waals surface area contributed by atoms with Crippen LogP contribution in [0.4, 0.5) is 0 Å². The normalized spacial score (nSPS) is 11.7. The van der Waals surface area contributed by atoms with E-state index in [1.54, 1.807) is 11.3 Å². The van der Waals surface area contributed by atoms with Crippen molar-refractivity contribution in [3.63, 3.8) is 0 Å². The summed E-state index contributed by atoms with van der Waals surface area (Å²) in [5.74, 6) is 2.15. The third-order valence-corrected chi connectivity index (χ3v) is 7.61. The molecule has 0 fully saturated rings. The average molecular weight is 449 g/mol. The van der Waals surface area contributed by atoms with Gasteiger partial charge in [-0.15, -0.1) is 22.7 Å². The Morgan fingerprint density at radius 1 is 0.828 bits per heavy atom. The van der Waals surface area contributed by atoms with E-state index in [2.05, 4.69) is 88.0 Å². The van der Waals surface area contributed by atoms with Gasteiger partial charge in [0.2, 0.25) is 0 Å². The Morgan fingerprint density at radius 2 is 1.52 bits per heavy atom. The van der Waals surface area contributed by atoms with E-state index in [1.807, 2.05) is 29.6 Å². The molecule has 1 unspecified atom stereocenters.